The van der Waals surface area contributed by atoms with E-state index in [1.807, 2.05) is 42.5 Å². The van der Waals surface area contributed by atoms with Gasteiger partial charge < -0.3 is 20.0 Å². The standard InChI is InChI=1S/C21H25NO4/c1-21(2,3)16-11-9-15(10-12-16)18(13-20(24)25)22-19(23)14-26-17-7-5-4-6-8-17/h4-12,18H,13-14H2,1-3H3,(H,22,23)(H,24,25)/p-1/t18-/m0/s1. The van der Waals surface area contributed by atoms with E-state index in [4.69, 9.17) is 4.74 Å². The second-order valence-corrected chi connectivity index (χ2v) is 7.17. The number of carboxylic acids is 1. The van der Waals surface area contributed by atoms with Gasteiger partial charge in [0, 0.05) is 12.4 Å². The first-order chi connectivity index (χ1) is 12.3. The Morgan fingerprint density at radius 2 is 1.65 bits per heavy atom. The van der Waals surface area contributed by atoms with Crippen molar-refractivity contribution in [3.8, 4) is 5.75 Å². The van der Waals surface area contributed by atoms with E-state index in [1.165, 1.54) is 0 Å². The molecule has 0 fully saturated rings. The monoisotopic (exact) mass is 354 g/mol. The molecule has 5 heteroatoms. The van der Waals surface area contributed by atoms with Crippen LogP contribution in [0.25, 0.3) is 0 Å². The minimum absolute atomic E-state index is 0.00481. The third-order valence-electron chi connectivity index (χ3n) is 4.00. The van der Waals surface area contributed by atoms with Crippen LogP contribution in [0.4, 0.5) is 0 Å². The van der Waals surface area contributed by atoms with Crippen molar-refractivity contribution in [3.63, 3.8) is 0 Å². The number of carboxylic acid groups (broad SMARTS) is 1. The van der Waals surface area contributed by atoms with Crippen LogP contribution in [0.15, 0.2) is 54.6 Å². The average molecular weight is 354 g/mol. The molecule has 1 atom stereocenters. The topological polar surface area (TPSA) is 78.5 Å². The summed E-state index contributed by atoms with van der Waals surface area (Å²) in [5.74, 6) is -1.03. The molecule has 5 nitrogen and oxygen atoms in total. The molecule has 0 saturated carbocycles. The molecule has 1 amide bonds. The van der Waals surface area contributed by atoms with E-state index in [0.717, 1.165) is 11.1 Å². The molecule has 2 aromatic carbocycles. The van der Waals surface area contributed by atoms with Crippen LogP contribution in [0.1, 0.15) is 44.4 Å². The summed E-state index contributed by atoms with van der Waals surface area (Å²) in [5, 5.41) is 13.8. The predicted octanol–water partition coefficient (Wildman–Crippen LogP) is 2.36. The van der Waals surface area contributed by atoms with Crippen LogP contribution in [0.3, 0.4) is 0 Å². The van der Waals surface area contributed by atoms with Gasteiger partial charge in [0.1, 0.15) is 5.75 Å². The van der Waals surface area contributed by atoms with E-state index in [9.17, 15) is 14.7 Å². The number of hydrogen-bond acceptors (Lipinski definition) is 4. The fourth-order valence-corrected chi connectivity index (χ4v) is 2.54. The number of carbonyl (C=O) groups is 2. The SMILES string of the molecule is CC(C)(C)c1ccc([C@H](CC(=O)[O-])NC(=O)COc2ccccc2)cc1. The molecule has 2 aromatic rings. The highest BCUT2D eigenvalue weighted by molar-refractivity contribution is 5.79. The van der Waals surface area contributed by atoms with Crippen molar-refractivity contribution in [2.24, 2.45) is 0 Å². The summed E-state index contributed by atoms with van der Waals surface area (Å²) in [5.41, 5.74) is 1.84. The maximum atomic E-state index is 12.2. The van der Waals surface area contributed by atoms with Crippen molar-refractivity contribution in [2.75, 3.05) is 6.61 Å². The second kappa shape index (κ2) is 8.52. The number of amides is 1. The molecule has 26 heavy (non-hydrogen) atoms. The van der Waals surface area contributed by atoms with Gasteiger partial charge in [-0.2, -0.15) is 0 Å². The van der Waals surface area contributed by atoms with Gasteiger partial charge in [0.15, 0.2) is 6.61 Å². The maximum Gasteiger partial charge on any atom is 0.258 e. The molecular formula is C21H24NO4-. The number of nitrogens with one attached hydrogen (secondary N) is 1. The zero-order valence-corrected chi connectivity index (χ0v) is 15.3. The molecule has 0 aromatic heterocycles. The van der Waals surface area contributed by atoms with Crippen molar-refractivity contribution in [3.05, 3.63) is 65.7 Å². The van der Waals surface area contributed by atoms with E-state index in [1.54, 1.807) is 12.1 Å². The number of ether oxygens (including phenoxy) is 1. The number of rotatable bonds is 7. The molecule has 0 spiro atoms. The molecule has 0 saturated heterocycles. The molecule has 2 rings (SSSR count). The lowest BCUT2D eigenvalue weighted by atomic mass is 9.86. The van der Waals surface area contributed by atoms with Crippen LogP contribution in [-0.4, -0.2) is 18.5 Å². The number of para-hydroxylation sites is 1. The summed E-state index contributed by atoms with van der Waals surface area (Å²) in [6.07, 6.45) is -0.300. The minimum atomic E-state index is -1.22. The van der Waals surface area contributed by atoms with Crippen molar-refractivity contribution < 1.29 is 19.4 Å². The highest BCUT2D eigenvalue weighted by Gasteiger charge is 2.18. The molecule has 1 N–H and O–H groups in total. The van der Waals surface area contributed by atoms with Crippen LogP contribution in [-0.2, 0) is 15.0 Å². The van der Waals surface area contributed by atoms with E-state index >= 15 is 0 Å². The van der Waals surface area contributed by atoms with Gasteiger partial charge in [-0.15, -0.1) is 0 Å². The quantitative estimate of drug-likeness (QED) is 0.828. The van der Waals surface area contributed by atoms with Crippen LogP contribution >= 0.6 is 0 Å². The van der Waals surface area contributed by atoms with Crippen LogP contribution in [0, 0.1) is 0 Å². The van der Waals surface area contributed by atoms with Crippen molar-refractivity contribution in [2.45, 2.75) is 38.6 Å². The van der Waals surface area contributed by atoms with Gasteiger partial charge in [0.25, 0.3) is 5.91 Å². The Balaban J connectivity index is 2.04. The number of aliphatic carboxylic acids is 1. The first-order valence-corrected chi connectivity index (χ1v) is 8.53. The van der Waals surface area contributed by atoms with Gasteiger partial charge in [-0.05, 0) is 28.7 Å². The summed E-state index contributed by atoms with van der Waals surface area (Å²) < 4.78 is 5.40. The van der Waals surface area contributed by atoms with Gasteiger partial charge in [-0.3, -0.25) is 4.79 Å². The first-order valence-electron chi connectivity index (χ1n) is 8.53. The number of benzene rings is 2. The Kier molecular flexibility index (Phi) is 6.39. The summed E-state index contributed by atoms with van der Waals surface area (Å²) in [6, 6.07) is 15.9. The maximum absolute atomic E-state index is 12.2. The van der Waals surface area contributed by atoms with Crippen molar-refractivity contribution in [1.29, 1.82) is 0 Å². The van der Waals surface area contributed by atoms with E-state index in [0.29, 0.717) is 5.75 Å². The van der Waals surface area contributed by atoms with Gasteiger partial charge in [0.2, 0.25) is 0 Å². The normalized spacial score (nSPS) is 12.3. The smallest absolute Gasteiger partial charge is 0.258 e. The zero-order valence-electron chi connectivity index (χ0n) is 15.3. The summed E-state index contributed by atoms with van der Waals surface area (Å²) in [6.45, 7) is 6.11. The summed E-state index contributed by atoms with van der Waals surface area (Å²) in [7, 11) is 0. The van der Waals surface area contributed by atoms with E-state index in [-0.39, 0.29) is 24.3 Å². The van der Waals surface area contributed by atoms with Crippen LogP contribution in [0.2, 0.25) is 0 Å². The molecular weight excluding hydrogens is 330 g/mol. The van der Waals surface area contributed by atoms with Gasteiger partial charge in [-0.1, -0.05) is 63.2 Å². The number of hydrogen-bond donors (Lipinski definition) is 1. The predicted molar refractivity (Wildman–Crippen MR) is 97.6 cm³/mol. The average Bonchev–Trinajstić information content (AvgIpc) is 2.59. The molecule has 0 heterocycles. The molecule has 0 bridgehead atoms. The third-order valence-corrected chi connectivity index (χ3v) is 4.00. The van der Waals surface area contributed by atoms with Gasteiger partial charge in [0.05, 0.1) is 6.04 Å². The molecule has 0 unspecified atom stereocenters. The fourth-order valence-electron chi connectivity index (χ4n) is 2.54. The summed E-state index contributed by atoms with van der Waals surface area (Å²) >= 11 is 0. The Morgan fingerprint density at radius 3 is 2.19 bits per heavy atom. The van der Waals surface area contributed by atoms with Gasteiger partial charge in [-0.25, -0.2) is 0 Å². The lowest BCUT2D eigenvalue weighted by molar-refractivity contribution is -0.306. The molecule has 138 valence electrons. The van der Waals surface area contributed by atoms with Crippen molar-refractivity contribution in [1.82, 2.24) is 5.32 Å². The Labute approximate surface area is 154 Å². The van der Waals surface area contributed by atoms with E-state index < -0.39 is 12.0 Å². The lowest BCUT2D eigenvalue weighted by Gasteiger charge is -2.23. The second-order valence-electron chi connectivity index (χ2n) is 7.17. The Morgan fingerprint density at radius 1 is 1.04 bits per heavy atom. The largest absolute Gasteiger partial charge is 0.550 e. The minimum Gasteiger partial charge on any atom is -0.550 e. The summed E-state index contributed by atoms with van der Waals surface area (Å²) in [4.78, 5) is 23.2. The zero-order chi connectivity index (χ0) is 19.2. The lowest BCUT2D eigenvalue weighted by Crippen LogP contribution is -2.36. The highest BCUT2D eigenvalue weighted by Crippen LogP contribution is 2.25. The molecule has 0 radical (unpaired) electrons. The Hall–Kier alpha value is -2.82. The van der Waals surface area contributed by atoms with E-state index in [2.05, 4.69) is 26.1 Å². The fraction of sp³-hybridized carbons (Fsp3) is 0.333. The molecule has 0 aliphatic rings. The first kappa shape index (κ1) is 19.5. The number of carbonyl (C=O) groups excluding carboxylic acids is 2. The van der Waals surface area contributed by atoms with Gasteiger partial charge >= 0.3 is 0 Å². The Bertz CT molecular complexity index is 733. The molecule has 0 aliphatic heterocycles. The third kappa shape index (κ3) is 5.92. The van der Waals surface area contributed by atoms with Crippen molar-refractivity contribution >= 4 is 11.9 Å². The van der Waals surface area contributed by atoms with Crippen LogP contribution in [0.5, 0.6) is 5.75 Å². The highest BCUT2D eigenvalue weighted by atomic mass is 16.5. The van der Waals surface area contributed by atoms with Crippen LogP contribution < -0.4 is 15.2 Å². The molecule has 0 aliphatic carbocycles.